The second-order valence-corrected chi connectivity index (χ2v) is 14.9. The molecule has 57 heavy (non-hydrogen) atoms. The number of fused-ring (bicyclic) bond motifs is 11. The Hall–Kier alpha value is -7.29. The van der Waals surface area contributed by atoms with Gasteiger partial charge < -0.3 is 4.42 Å². The van der Waals surface area contributed by atoms with Crippen LogP contribution in [0.15, 0.2) is 210 Å². The Kier molecular flexibility index (Phi) is 7.65. The van der Waals surface area contributed by atoms with Crippen LogP contribution in [0.25, 0.3) is 78.4 Å². The van der Waals surface area contributed by atoms with Crippen LogP contribution in [-0.4, -0.2) is 4.98 Å². The molecule has 1 spiro atoms. The van der Waals surface area contributed by atoms with Crippen LogP contribution in [0, 0.1) is 0 Å². The maximum absolute atomic E-state index is 6.83. The van der Waals surface area contributed by atoms with Crippen LogP contribution >= 0.6 is 0 Å². The average molecular weight is 728 g/mol. The van der Waals surface area contributed by atoms with E-state index in [-0.39, 0.29) is 0 Å². The van der Waals surface area contributed by atoms with E-state index in [1.807, 2.05) is 12.1 Å². The minimum atomic E-state index is -0.540. The maximum atomic E-state index is 6.83. The van der Waals surface area contributed by atoms with Gasteiger partial charge in [-0.25, -0.2) is 4.98 Å². The van der Waals surface area contributed by atoms with E-state index in [1.165, 1.54) is 39.0 Å². The smallest absolute Gasteiger partial charge is 0.143 e. The van der Waals surface area contributed by atoms with Crippen LogP contribution < -0.4 is 0 Å². The van der Waals surface area contributed by atoms with Gasteiger partial charge in [-0.05, 0) is 86.9 Å². The molecule has 268 valence electrons. The molecule has 0 aliphatic heterocycles. The zero-order valence-corrected chi connectivity index (χ0v) is 31.5. The summed E-state index contributed by atoms with van der Waals surface area (Å²) in [4.78, 5) is 5.12. The van der Waals surface area contributed by atoms with Crippen LogP contribution in [0.2, 0.25) is 0 Å². The first kappa shape index (κ1) is 33.1. The van der Waals surface area contributed by atoms with Crippen molar-refractivity contribution < 1.29 is 4.42 Å². The summed E-state index contributed by atoms with van der Waals surface area (Å²) in [6.07, 6.45) is 8.99. The first-order valence-corrected chi connectivity index (χ1v) is 19.7. The summed E-state index contributed by atoms with van der Waals surface area (Å²) in [5, 5.41) is 2.27. The topological polar surface area (TPSA) is 26.0 Å². The van der Waals surface area contributed by atoms with E-state index in [2.05, 4.69) is 201 Å². The Labute approximate surface area is 332 Å². The van der Waals surface area contributed by atoms with E-state index in [1.54, 1.807) is 0 Å². The number of rotatable bonds is 5. The van der Waals surface area contributed by atoms with Crippen molar-refractivity contribution >= 4 is 33.6 Å². The Bertz CT molecular complexity index is 3000. The molecule has 2 heterocycles. The molecule has 11 rings (SSSR count). The molecule has 2 aliphatic carbocycles. The standard InChI is InChI=1S/C55H37NO/c1-2-3-20-45-49(33-36-27-29-37(30-28-36)40-34-50(38-16-6-4-7-17-38)56-51(35-40)39-18-8-5-9-19-39)55(46-24-13-10-21-41(46)42-22-11-14-25-47(42)55)48-32-31-44-43-23-12-15-26-52(43)57-54(44)53(45)48/h2-35H,1H3/b3-2-,45-20+,49-33?. The van der Waals surface area contributed by atoms with Gasteiger partial charge in [0.1, 0.15) is 11.2 Å². The lowest BCUT2D eigenvalue weighted by atomic mass is 9.70. The van der Waals surface area contributed by atoms with Crippen LogP contribution in [0.1, 0.15) is 34.7 Å². The van der Waals surface area contributed by atoms with Gasteiger partial charge in [0.05, 0.1) is 16.8 Å². The first-order valence-electron chi connectivity index (χ1n) is 19.7. The Morgan fingerprint density at radius 3 is 1.75 bits per heavy atom. The second-order valence-electron chi connectivity index (χ2n) is 14.9. The molecule has 0 atom stereocenters. The van der Waals surface area contributed by atoms with Crippen molar-refractivity contribution in [3.05, 3.63) is 234 Å². The minimum absolute atomic E-state index is 0.540. The highest BCUT2D eigenvalue weighted by Crippen LogP contribution is 2.65. The lowest BCUT2D eigenvalue weighted by Gasteiger charge is -2.31. The monoisotopic (exact) mass is 727 g/mol. The van der Waals surface area contributed by atoms with E-state index >= 15 is 0 Å². The lowest BCUT2D eigenvalue weighted by molar-refractivity contribution is 0.666. The van der Waals surface area contributed by atoms with Crippen molar-refractivity contribution in [3.63, 3.8) is 0 Å². The number of nitrogens with zero attached hydrogens (tertiary/aromatic N) is 1. The normalized spacial score (nSPS) is 15.2. The van der Waals surface area contributed by atoms with Crippen LogP contribution in [0.5, 0.6) is 0 Å². The van der Waals surface area contributed by atoms with Gasteiger partial charge in [-0.3, -0.25) is 0 Å². The number of hydrogen-bond acceptors (Lipinski definition) is 2. The molecule has 0 amide bonds. The van der Waals surface area contributed by atoms with E-state index in [0.29, 0.717) is 0 Å². The molecule has 0 unspecified atom stereocenters. The van der Waals surface area contributed by atoms with E-state index in [4.69, 9.17) is 9.40 Å². The van der Waals surface area contributed by atoms with Crippen molar-refractivity contribution in [3.8, 4) is 44.8 Å². The molecule has 2 aliphatic rings. The molecular formula is C55H37NO. The highest BCUT2D eigenvalue weighted by atomic mass is 16.3. The number of furan rings is 1. The van der Waals surface area contributed by atoms with E-state index in [0.717, 1.165) is 66.7 Å². The molecule has 2 aromatic heterocycles. The summed E-state index contributed by atoms with van der Waals surface area (Å²) in [6.45, 7) is 2.08. The Morgan fingerprint density at radius 1 is 0.509 bits per heavy atom. The Morgan fingerprint density at radius 2 is 1.11 bits per heavy atom. The Balaban J connectivity index is 1.13. The van der Waals surface area contributed by atoms with E-state index in [9.17, 15) is 0 Å². The fraction of sp³-hybridized carbons (Fsp3) is 0.0364. The highest BCUT2D eigenvalue weighted by molar-refractivity contribution is 6.14. The zero-order valence-electron chi connectivity index (χ0n) is 31.5. The summed E-state index contributed by atoms with van der Waals surface area (Å²) in [5.74, 6) is 0. The van der Waals surface area contributed by atoms with Crippen molar-refractivity contribution in [1.29, 1.82) is 0 Å². The fourth-order valence-corrected chi connectivity index (χ4v) is 9.37. The number of hydrogen-bond donors (Lipinski definition) is 0. The highest BCUT2D eigenvalue weighted by Gasteiger charge is 2.54. The summed E-state index contributed by atoms with van der Waals surface area (Å²) in [7, 11) is 0. The fourth-order valence-electron chi connectivity index (χ4n) is 9.37. The van der Waals surface area contributed by atoms with Gasteiger partial charge in [0.2, 0.25) is 0 Å². The number of para-hydroxylation sites is 1. The van der Waals surface area contributed by atoms with Gasteiger partial charge in [-0.15, -0.1) is 0 Å². The molecule has 0 radical (unpaired) electrons. The van der Waals surface area contributed by atoms with Gasteiger partial charge in [-0.2, -0.15) is 0 Å². The third-order valence-electron chi connectivity index (χ3n) is 11.8. The predicted molar refractivity (Wildman–Crippen MR) is 237 cm³/mol. The molecule has 2 heteroatoms. The number of benzene rings is 7. The van der Waals surface area contributed by atoms with Crippen LogP contribution in [0.4, 0.5) is 0 Å². The van der Waals surface area contributed by atoms with Gasteiger partial charge in [0, 0.05) is 27.5 Å². The van der Waals surface area contributed by atoms with Gasteiger partial charge in [0.25, 0.3) is 0 Å². The molecule has 0 N–H and O–H groups in total. The molecular weight excluding hydrogens is 691 g/mol. The molecule has 7 aromatic carbocycles. The van der Waals surface area contributed by atoms with Crippen LogP contribution in [-0.2, 0) is 5.41 Å². The molecule has 0 bridgehead atoms. The summed E-state index contributed by atoms with van der Waals surface area (Å²) < 4.78 is 6.83. The quantitative estimate of drug-likeness (QED) is 0.176. The second kappa shape index (κ2) is 13.2. The van der Waals surface area contributed by atoms with Crippen molar-refractivity contribution in [2.24, 2.45) is 0 Å². The van der Waals surface area contributed by atoms with Gasteiger partial charge in [-0.1, -0.05) is 182 Å². The molecule has 0 saturated heterocycles. The average Bonchev–Trinajstić information content (AvgIpc) is 3.90. The number of allylic oxidation sites excluding steroid dienone is 5. The third kappa shape index (κ3) is 5.08. The lowest BCUT2D eigenvalue weighted by Crippen LogP contribution is -2.26. The third-order valence-corrected chi connectivity index (χ3v) is 11.8. The maximum Gasteiger partial charge on any atom is 0.143 e. The SMILES string of the molecule is C/C=C\C=C1/C(=Cc2ccc(-c3cc(-c4ccccc4)nc(-c4ccccc4)c3)cc2)C2(c3ccccc3-c3ccccc32)c2ccc3c(oc4ccccc43)c21. The summed E-state index contributed by atoms with van der Waals surface area (Å²) in [5.41, 5.74) is 18.8. The number of pyridine rings is 1. The van der Waals surface area contributed by atoms with Gasteiger partial charge >= 0.3 is 0 Å². The molecule has 2 nitrogen and oxygen atoms in total. The summed E-state index contributed by atoms with van der Waals surface area (Å²) >= 11 is 0. The van der Waals surface area contributed by atoms with Crippen molar-refractivity contribution in [2.45, 2.75) is 12.3 Å². The minimum Gasteiger partial charge on any atom is -0.455 e. The number of aromatic nitrogens is 1. The van der Waals surface area contributed by atoms with Crippen LogP contribution in [0.3, 0.4) is 0 Å². The van der Waals surface area contributed by atoms with Crippen molar-refractivity contribution in [1.82, 2.24) is 4.98 Å². The molecule has 0 saturated carbocycles. The predicted octanol–water partition coefficient (Wildman–Crippen LogP) is 14.4. The van der Waals surface area contributed by atoms with Crippen molar-refractivity contribution in [2.75, 3.05) is 0 Å². The zero-order chi connectivity index (χ0) is 37.9. The largest absolute Gasteiger partial charge is 0.455 e. The van der Waals surface area contributed by atoms with Gasteiger partial charge in [0.15, 0.2) is 0 Å². The van der Waals surface area contributed by atoms with E-state index < -0.39 is 5.41 Å². The molecule has 9 aromatic rings. The molecule has 0 fully saturated rings. The summed E-state index contributed by atoms with van der Waals surface area (Å²) in [6, 6.07) is 65.3. The first-order chi connectivity index (χ1) is 28.2.